The average molecular weight is 284 g/mol. The van der Waals surface area contributed by atoms with Crippen LogP contribution in [0.3, 0.4) is 0 Å². The molecule has 1 aromatic rings. The monoisotopic (exact) mass is 284 g/mol. The molecule has 0 aliphatic carbocycles. The zero-order chi connectivity index (χ0) is 14.6. The van der Waals surface area contributed by atoms with E-state index >= 15 is 0 Å². The second-order valence-corrected chi connectivity index (χ2v) is 3.98. The maximum absolute atomic E-state index is 8.61. The first-order chi connectivity index (χ1) is 9.80. The molecule has 0 aliphatic heterocycles. The molecule has 20 heavy (non-hydrogen) atoms. The summed E-state index contributed by atoms with van der Waals surface area (Å²) < 4.78 is 10.5. The van der Waals surface area contributed by atoms with Crippen molar-refractivity contribution in [2.24, 2.45) is 0 Å². The number of anilines is 2. The van der Waals surface area contributed by atoms with Gasteiger partial charge in [-0.15, -0.1) is 0 Å². The summed E-state index contributed by atoms with van der Waals surface area (Å²) in [5.41, 5.74) is 0. The Labute approximate surface area is 119 Å². The molecule has 0 aliphatic rings. The molecule has 0 fully saturated rings. The van der Waals surface area contributed by atoms with Crippen molar-refractivity contribution >= 4 is 11.6 Å². The van der Waals surface area contributed by atoms with Crippen LogP contribution in [0.25, 0.3) is 0 Å². The lowest BCUT2D eigenvalue weighted by Gasteiger charge is -2.10. The van der Waals surface area contributed by atoms with Crippen molar-refractivity contribution in [3.63, 3.8) is 0 Å². The zero-order valence-corrected chi connectivity index (χ0v) is 12.2. The maximum atomic E-state index is 8.61. The summed E-state index contributed by atoms with van der Waals surface area (Å²) in [5, 5.41) is 14.9. The van der Waals surface area contributed by atoms with Gasteiger partial charge in [0.05, 0.1) is 19.8 Å². The lowest BCUT2D eigenvalue weighted by atomic mass is 10.4. The number of hydrogen-bond donors (Lipinski definition) is 3. The summed E-state index contributed by atoms with van der Waals surface area (Å²) in [5.74, 6) is 2.15. The van der Waals surface area contributed by atoms with Gasteiger partial charge in [-0.1, -0.05) is 0 Å². The Hall–Kier alpha value is -1.44. The zero-order valence-electron chi connectivity index (χ0n) is 12.2. The highest BCUT2D eigenvalue weighted by molar-refractivity contribution is 5.47. The number of nitrogens with zero attached hydrogens (tertiary/aromatic N) is 2. The molecule has 0 saturated carbocycles. The van der Waals surface area contributed by atoms with Crippen LogP contribution in [0, 0.1) is 0 Å². The van der Waals surface area contributed by atoms with E-state index in [9.17, 15) is 0 Å². The molecule has 7 heteroatoms. The fraction of sp³-hybridized carbons (Fsp3) is 0.692. The molecule has 1 heterocycles. The van der Waals surface area contributed by atoms with Crippen LogP contribution < -0.4 is 10.6 Å². The standard InChI is InChI=1S/C13H24N4O3/c1-3-14-11-9-12(15-5-7-20-8-6-18)17-13(16-11)10-19-4-2/h9,18H,3-8,10H2,1-2H3,(H2,14,15,16,17). The molecule has 7 nitrogen and oxygen atoms in total. The fourth-order valence-electron chi connectivity index (χ4n) is 1.54. The highest BCUT2D eigenvalue weighted by atomic mass is 16.5. The smallest absolute Gasteiger partial charge is 0.158 e. The number of rotatable bonds is 11. The number of aliphatic hydroxyl groups excluding tert-OH is 1. The molecule has 0 spiro atoms. The minimum absolute atomic E-state index is 0.0383. The number of hydrogen-bond acceptors (Lipinski definition) is 7. The highest BCUT2D eigenvalue weighted by Crippen LogP contribution is 2.11. The molecule has 1 aromatic heterocycles. The van der Waals surface area contributed by atoms with Gasteiger partial charge in [0.1, 0.15) is 18.2 Å². The van der Waals surface area contributed by atoms with Crippen molar-refractivity contribution in [3.05, 3.63) is 11.9 Å². The first-order valence-corrected chi connectivity index (χ1v) is 6.92. The van der Waals surface area contributed by atoms with Gasteiger partial charge in [0.25, 0.3) is 0 Å². The molecule has 0 bridgehead atoms. The van der Waals surface area contributed by atoms with Crippen LogP contribution in [0.4, 0.5) is 11.6 Å². The molecule has 0 atom stereocenters. The van der Waals surface area contributed by atoms with Gasteiger partial charge in [-0.05, 0) is 13.8 Å². The van der Waals surface area contributed by atoms with Crippen LogP contribution >= 0.6 is 0 Å². The predicted molar refractivity (Wildman–Crippen MR) is 77.9 cm³/mol. The van der Waals surface area contributed by atoms with E-state index in [0.29, 0.717) is 38.8 Å². The Morgan fingerprint density at radius 2 is 1.85 bits per heavy atom. The number of ether oxygens (including phenoxy) is 2. The Bertz CT molecular complexity index is 377. The van der Waals surface area contributed by atoms with Gasteiger partial charge in [-0.3, -0.25) is 0 Å². The van der Waals surface area contributed by atoms with Crippen molar-refractivity contribution in [1.82, 2.24) is 9.97 Å². The molecule has 0 radical (unpaired) electrons. The second-order valence-electron chi connectivity index (χ2n) is 3.98. The van der Waals surface area contributed by atoms with Gasteiger partial charge in [-0.25, -0.2) is 9.97 Å². The summed E-state index contributed by atoms with van der Waals surface area (Å²) in [4.78, 5) is 8.75. The Morgan fingerprint density at radius 3 is 2.50 bits per heavy atom. The van der Waals surface area contributed by atoms with E-state index in [0.717, 1.165) is 18.2 Å². The number of aromatic nitrogens is 2. The van der Waals surface area contributed by atoms with E-state index in [2.05, 4.69) is 20.6 Å². The Kier molecular flexibility index (Phi) is 8.61. The topological polar surface area (TPSA) is 88.5 Å². The number of nitrogens with one attached hydrogen (secondary N) is 2. The molecule has 1 rings (SSSR count). The van der Waals surface area contributed by atoms with Crippen LogP contribution in [0.15, 0.2) is 6.07 Å². The lowest BCUT2D eigenvalue weighted by Crippen LogP contribution is -2.14. The largest absolute Gasteiger partial charge is 0.394 e. The second kappa shape index (κ2) is 10.4. The lowest BCUT2D eigenvalue weighted by molar-refractivity contribution is 0.0991. The van der Waals surface area contributed by atoms with Crippen LogP contribution in [-0.4, -0.2) is 54.6 Å². The maximum Gasteiger partial charge on any atom is 0.158 e. The molecule has 0 amide bonds. The van der Waals surface area contributed by atoms with Gasteiger partial charge in [0.2, 0.25) is 0 Å². The van der Waals surface area contributed by atoms with Crippen LogP contribution in [-0.2, 0) is 16.1 Å². The van der Waals surface area contributed by atoms with Crippen molar-refractivity contribution in [2.45, 2.75) is 20.5 Å². The molecular formula is C13H24N4O3. The van der Waals surface area contributed by atoms with Crippen molar-refractivity contribution in [1.29, 1.82) is 0 Å². The summed E-state index contributed by atoms with van der Waals surface area (Å²) in [6, 6.07) is 1.85. The third-order valence-corrected chi connectivity index (χ3v) is 2.35. The average Bonchev–Trinajstić information content (AvgIpc) is 2.45. The SMILES string of the molecule is CCNc1cc(NCCOCCO)nc(COCC)n1. The van der Waals surface area contributed by atoms with Crippen molar-refractivity contribution in [3.8, 4) is 0 Å². The van der Waals surface area contributed by atoms with Crippen molar-refractivity contribution in [2.75, 3.05) is 50.2 Å². The van der Waals surface area contributed by atoms with E-state index in [1.54, 1.807) is 0 Å². The first kappa shape index (κ1) is 16.6. The van der Waals surface area contributed by atoms with Gasteiger partial charge in [-0.2, -0.15) is 0 Å². The normalized spacial score (nSPS) is 10.6. The molecule has 0 aromatic carbocycles. The quantitative estimate of drug-likeness (QED) is 0.519. The molecule has 0 saturated heterocycles. The fourth-order valence-corrected chi connectivity index (χ4v) is 1.54. The summed E-state index contributed by atoms with van der Waals surface area (Å²) in [6.07, 6.45) is 0. The van der Waals surface area contributed by atoms with Crippen LogP contribution in [0.2, 0.25) is 0 Å². The summed E-state index contributed by atoms with van der Waals surface area (Å²) >= 11 is 0. The van der Waals surface area contributed by atoms with E-state index < -0.39 is 0 Å². The molecule has 114 valence electrons. The molecule has 0 unspecified atom stereocenters. The van der Waals surface area contributed by atoms with Gasteiger partial charge in [0.15, 0.2) is 5.82 Å². The minimum atomic E-state index is 0.0383. The molecular weight excluding hydrogens is 260 g/mol. The van der Waals surface area contributed by atoms with Crippen LogP contribution in [0.1, 0.15) is 19.7 Å². The highest BCUT2D eigenvalue weighted by Gasteiger charge is 2.04. The van der Waals surface area contributed by atoms with Gasteiger partial charge >= 0.3 is 0 Å². The van der Waals surface area contributed by atoms with Gasteiger partial charge < -0.3 is 25.2 Å². The summed E-state index contributed by atoms with van der Waals surface area (Å²) in [7, 11) is 0. The molecule has 3 N–H and O–H groups in total. The Morgan fingerprint density at radius 1 is 1.10 bits per heavy atom. The summed E-state index contributed by atoms with van der Waals surface area (Å²) in [6.45, 7) is 7.30. The minimum Gasteiger partial charge on any atom is -0.394 e. The van der Waals surface area contributed by atoms with E-state index in [1.165, 1.54) is 0 Å². The van der Waals surface area contributed by atoms with E-state index in [-0.39, 0.29) is 6.61 Å². The predicted octanol–water partition coefficient (Wildman–Crippen LogP) is 0.866. The third-order valence-electron chi connectivity index (χ3n) is 2.35. The third kappa shape index (κ3) is 6.65. The Balaban J connectivity index is 2.55. The number of aliphatic hydroxyl groups is 1. The van der Waals surface area contributed by atoms with E-state index in [1.807, 2.05) is 19.9 Å². The van der Waals surface area contributed by atoms with Gasteiger partial charge in [0, 0.05) is 25.8 Å². The van der Waals surface area contributed by atoms with E-state index in [4.69, 9.17) is 14.6 Å². The van der Waals surface area contributed by atoms with Crippen LogP contribution in [0.5, 0.6) is 0 Å². The first-order valence-electron chi connectivity index (χ1n) is 6.92. The van der Waals surface area contributed by atoms with Crippen molar-refractivity contribution < 1.29 is 14.6 Å².